The van der Waals surface area contributed by atoms with E-state index in [1.165, 1.54) is 4.88 Å². The number of nitrogens with two attached hydrogens (primary N) is 1. The molecule has 0 aliphatic rings. The third-order valence-electron chi connectivity index (χ3n) is 2.46. The summed E-state index contributed by atoms with van der Waals surface area (Å²) in [6, 6.07) is 0.301. The molecule has 0 radical (unpaired) electrons. The topological polar surface area (TPSA) is 50.9 Å². The largest absolute Gasteiger partial charge is 0.327 e. The molecule has 1 aromatic rings. The second-order valence-electron chi connectivity index (χ2n) is 4.24. The van der Waals surface area contributed by atoms with Gasteiger partial charge >= 0.3 is 0 Å². The quantitative estimate of drug-likeness (QED) is 0.730. The van der Waals surface area contributed by atoms with Crippen molar-refractivity contribution >= 4 is 11.3 Å². The van der Waals surface area contributed by atoms with E-state index in [1.807, 2.05) is 6.20 Å². The van der Waals surface area contributed by atoms with Gasteiger partial charge in [-0.2, -0.15) is 0 Å². The van der Waals surface area contributed by atoms with Gasteiger partial charge in [-0.15, -0.1) is 11.3 Å². The molecular formula is C11H21N3S. The van der Waals surface area contributed by atoms with E-state index in [2.05, 4.69) is 31.1 Å². The minimum atomic E-state index is 0.301. The van der Waals surface area contributed by atoms with Gasteiger partial charge in [0.2, 0.25) is 0 Å². The van der Waals surface area contributed by atoms with Crippen molar-refractivity contribution < 1.29 is 0 Å². The highest BCUT2D eigenvalue weighted by Gasteiger charge is 2.06. The van der Waals surface area contributed by atoms with Crippen molar-refractivity contribution in [3.05, 3.63) is 16.1 Å². The van der Waals surface area contributed by atoms with Crippen LogP contribution in [0.25, 0.3) is 0 Å². The lowest BCUT2D eigenvalue weighted by Crippen LogP contribution is -2.30. The van der Waals surface area contributed by atoms with Crippen molar-refractivity contribution in [3.63, 3.8) is 0 Å². The standard InChI is InChI=1S/C11H21N3S/c1-8(2)10(12)4-5-13-7-11-14-6-9(3)15-11/h6,8,10,13H,4-5,7,12H2,1-3H3. The molecule has 1 aromatic heterocycles. The summed E-state index contributed by atoms with van der Waals surface area (Å²) in [7, 11) is 0. The molecule has 1 rings (SSSR count). The van der Waals surface area contributed by atoms with E-state index in [1.54, 1.807) is 11.3 Å². The molecule has 0 fully saturated rings. The summed E-state index contributed by atoms with van der Waals surface area (Å²) in [5.41, 5.74) is 5.95. The third kappa shape index (κ3) is 4.73. The highest BCUT2D eigenvalue weighted by atomic mass is 32.1. The molecule has 0 aliphatic carbocycles. The Morgan fingerprint density at radius 2 is 2.27 bits per heavy atom. The SMILES string of the molecule is Cc1cnc(CNCCC(N)C(C)C)s1. The maximum Gasteiger partial charge on any atom is 0.107 e. The number of nitrogens with one attached hydrogen (secondary N) is 1. The predicted octanol–water partition coefficient (Wildman–Crippen LogP) is 1.91. The van der Waals surface area contributed by atoms with Gasteiger partial charge in [0, 0.05) is 23.7 Å². The van der Waals surface area contributed by atoms with Crippen LogP contribution in [0.15, 0.2) is 6.20 Å². The van der Waals surface area contributed by atoms with E-state index in [-0.39, 0.29) is 0 Å². The van der Waals surface area contributed by atoms with Crippen LogP contribution in [-0.2, 0) is 6.54 Å². The van der Waals surface area contributed by atoms with Gasteiger partial charge in [0.05, 0.1) is 0 Å². The first kappa shape index (κ1) is 12.6. The molecule has 3 nitrogen and oxygen atoms in total. The molecule has 0 bridgehead atoms. The maximum absolute atomic E-state index is 5.95. The highest BCUT2D eigenvalue weighted by Crippen LogP contribution is 2.10. The zero-order valence-corrected chi connectivity index (χ0v) is 10.6. The fraction of sp³-hybridized carbons (Fsp3) is 0.727. The van der Waals surface area contributed by atoms with Gasteiger partial charge in [0.1, 0.15) is 5.01 Å². The number of aryl methyl sites for hydroxylation is 1. The van der Waals surface area contributed by atoms with Gasteiger partial charge < -0.3 is 11.1 Å². The van der Waals surface area contributed by atoms with E-state index in [0.29, 0.717) is 12.0 Å². The average molecular weight is 227 g/mol. The molecule has 0 aromatic carbocycles. The van der Waals surface area contributed by atoms with Crippen molar-refractivity contribution in [3.8, 4) is 0 Å². The van der Waals surface area contributed by atoms with Crippen LogP contribution >= 0.6 is 11.3 Å². The Hall–Kier alpha value is -0.450. The number of nitrogens with zero attached hydrogens (tertiary/aromatic N) is 1. The van der Waals surface area contributed by atoms with E-state index in [4.69, 9.17) is 5.73 Å². The minimum Gasteiger partial charge on any atom is -0.327 e. The lowest BCUT2D eigenvalue weighted by atomic mass is 10.0. The van der Waals surface area contributed by atoms with Gasteiger partial charge in [-0.3, -0.25) is 0 Å². The van der Waals surface area contributed by atoms with Crippen molar-refractivity contribution in [1.82, 2.24) is 10.3 Å². The summed E-state index contributed by atoms with van der Waals surface area (Å²) in [6.07, 6.45) is 2.95. The van der Waals surface area contributed by atoms with Gasteiger partial charge in [0.25, 0.3) is 0 Å². The molecule has 4 heteroatoms. The number of rotatable bonds is 6. The van der Waals surface area contributed by atoms with E-state index in [0.717, 1.165) is 24.5 Å². The zero-order chi connectivity index (χ0) is 11.3. The fourth-order valence-corrected chi connectivity index (χ4v) is 2.04. The molecule has 0 saturated heterocycles. The molecule has 1 unspecified atom stereocenters. The normalized spacial score (nSPS) is 13.4. The Balaban J connectivity index is 2.12. The van der Waals surface area contributed by atoms with Crippen LogP contribution in [0.1, 0.15) is 30.2 Å². The van der Waals surface area contributed by atoms with Crippen LogP contribution in [0.4, 0.5) is 0 Å². The first-order valence-corrected chi connectivity index (χ1v) is 6.29. The van der Waals surface area contributed by atoms with Gasteiger partial charge in [-0.25, -0.2) is 4.98 Å². The summed E-state index contributed by atoms with van der Waals surface area (Å²) in [6.45, 7) is 8.24. The Morgan fingerprint density at radius 3 is 2.80 bits per heavy atom. The molecular weight excluding hydrogens is 206 g/mol. The summed E-state index contributed by atoms with van der Waals surface area (Å²) < 4.78 is 0. The minimum absolute atomic E-state index is 0.301. The molecule has 1 heterocycles. The molecule has 0 spiro atoms. The van der Waals surface area contributed by atoms with Crippen molar-refractivity contribution in [2.45, 2.75) is 39.8 Å². The molecule has 3 N–H and O–H groups in total. The summed E-state index contributed by atoms with van der Waals surface area (Å²) >= 11 is 1.75. The monoisotopic (exact) mass is 227 g/mol. The second-order valence-corrected chi connectivity index (χ2v) is 5.56. The number of hydrogen-bond acceptors (Lipinski definition) is 4. The lowest BCUT2D eigenvalue weighted by molar-refractivity contribution is 0.449. The Bertz CT molecular complexity index is 283. The van der Waals surface area contributed by atoms with Crippen LogP contribution < -0.4 is 11.1 Å². The van der Waals surface area contributed by atoms with Crippen LogP contribution in [0.3, 0.4) is 0 Å². The first-order valence-electron chi connectivity index (χ1n) is 5.47. The van der Waals surface area contributed by atoms with E-state index < -0.39 is 0 Å². The van der Waals surface area contributed by atoms with Gasteiger partial charge in [0.15, 0.2) is 0 Å². The van der Waals surface area contributed by atoms with Crippen LogP contribution in [0, 0.1) is 12.8 Å². The van der Waals surface area contributed by atoms with Crippen LogP contribution in [0.2, 0.25) is 0 Å². The smallest absolute Gasteiger partial charge is 0.107 e. The summed E-state index contributed by atoms with van der Waals surface area (Å²) in [5.74, 6) is 0.564. The maximum atomic E-state index is 5.95. The number of thiazole rings is 1. The molecule has 0 amide bonds. The third-order valence-corrected chi connectivity index (χ3v) is 3.37. The van der Waals surface area contributed by atoms with Crippen molar-refractivity contribution in [2.75, 3.05) is 6.54 Å². The zero-order valence-electron chi connectivity index (χ0n) is 9.79. The molecule has 0 saturated carbocycles. The lowest BCUT2D eigenvalue weighted by Gasteiger charge is -2.15. The Morgan fingerprint density at radius 1 is 1.53 bits per heavy atom. The average Bonchev–Trinajstić information content (AvgIpc) is 2.58. The van der Waals surface area contributed by atoms with Crippen molar-refractivity contribution in [1.29, 1.82) is 0 Å². The fourth-order valence-electron chi connectivity index (χ4n) is 1.28. The number of hydrogen-bond donors (Lipinski definition) is 2. The van der Waals surface area contributed by atoms with E-state index >= 15 is 0 Å². The number of aromatic nitrogens is 1. The Labute approximate surface area is 96.1 Å². The van der Waals surface area contributed by atoms with E-state index in [9.17, 15) is 0 Å². The molecule has 15 heavy (non-hydrogen) atoms. The van der Waals surface area contributed by atoms with Gasteiger partial charge in [-0.1, -0.05) is 13.8 Å². The Kier molecular flexibility index (Phi) is 5.22. The summed E-state index contributed by atoms with van der Waals surface area (Å²) in [4.78, 5) is 5.56. The predicted molar refractivity (Wildman–Crippen MR) is 66.0 cm³/mol. The highest BCUT2D eigenvalue weighted by molar-refractivity contribution is 7.11. The first-order chi connectivity index (χ1) is 7.09. The van der Waals surface area contributed by atoms with Crippen LogP contribution in [0.5, 0.6) is 0 Å². The second kappa shape index (κ2) is 6.20. The van der Waals surface area contributed by atoms with Crippen molar-refractivity contribution in [2.24, 2.45) is 11.7 Å². The van der Waals surface area contributed by atoms with Gasteiger partial charge in [-0.05, 0) is 25.8 Å². The van der Waals surface area contributed by atoms with Crippen LogP contribution in [-0.4, -0.2) is 17.6 Å². The molecule has 0 aliphatic heterocycles. The summed E-state index contributed by atoms with van der Waals surface area (Å²) in [5, 5.41) is 4.53. The molecule has 1 atom stereocenters. The molecule has 86 valence electrons.